The number of nitrogens with zero attached hydrogens (tertiary/aromatic N) is 2. The number of fused-ring (bicyclic) bond motifs is 1. The molecule has 1 aliphatic rings. The number of aromatic nitrogens is 1. The third-order valence-corrected chi connectivity index (χ3v) is 5.64. The van der Waals surface area contributed by atoms with Gasteiger partial charge in [-0.2, -0.15) is 0 Å². The Hall–Kier alpha value is -3.47. The van der Waals surface area contributed by atoms with Gasteiger partial charge in [-0.1, -0.05) is 49.4 Å². The number of benzene rings is 2. The van der Waals surface area contributed by atoms with Gasteiger partial charge in [0, 0.05) is 31.2 Å². The quantitative estimate of drug-likeness (QED) is 0.707. The highest BCUT2D eigenvalue weighted by molar-refractivity contribution is 6.06. The van der Waals surface area contributed by atoms with Crippen molar-refractivity contribution in [2.24, 2.45) is 0 Å². The largest absolute Gasteiger partial charge is 0.334 e. The molecule has 0 atom stereocenters. The van der Waals surface area contributed by atoms with E-state index >= 15 is 0 Å². The van der Waals surface area contributed by atoms with Crippen LogP contribution in [0.1, 0.15) is 49.9 Å². The number of hydrogen-bond acceptors (Lipinski definition) is 3. The molecule has 3 aromatic rings. The van der Waals surface area contributed by atoms with Gasteiger partial charge in [0.05, 0.1) is 11.1 Å². The van der Waals surface area contributed by atoms with Crippen LogP contribution in [0.5, 0.6) is 0 Å². The van der Waals surface area contributed by atoms with Crippen molar-refractivity contribution in [3.63, 3.8) is 0 Å². The van der Waals surface area contributed by atoms with Gasteiger partial charge in [0.2, 0.25) is 0 Å². The lowest BCUT2D eigenvalue weighted by molar-refractivity contribution is 0.0734. The molecule has 2 heterocycles. The predicted molar refractivity (Wildman–Crippen MR) is 118 cm³/mol. The second-order valence-corrected chi connectivity index (χ2v) is 7.62. The average molecular weight is 399 g/mol. The molecule has 0 fully saturated rings. The van der Waals surface area contributed by atoms with E-state index in [1.807, 2.05) is 42.2 Å². The highest BCUT2D eigenvalue weighted by Gasteiger charge is 2.22. The third-order valence-electron chi connectivity index (χ3n) is 5.64. The first-order chi connectivity index (χ1) is 14.6. The van der Waals surface area contributed by atoms with Gasteiger partial charge in [0.15, 0.2) is 0 Å². The molecule has 2 aromatic carbocycles. The number of aryl methyl sites for hydroxylation is 2. The van der Waals surface area contributed by atoms with Crippen LogP contribution >= 0.6 is 0 Å². The first-order valence-corrected chi connectivity index (χ1v) is 10.3. The summed E-state index contributed by atoms with van der Waals surface area (Å²) in [7, 11) is 0. The number of carbonyl (C=O) groups is 2. The fourth-order valence-corrected chi connectivity index (χ4v) is 3.92. The Morgan fingerprint density at radius 2 is 1.80 bits per heavy atom. The molecule has 1 aromatic heterocycles. The lowest BCUT2D eigenvalue weighted by Gasteiger charge is -2.29. The molecule has 0 aliphatic carbocycles. The maximum Gasteiger partial charge on any atom is 0.257 e. The molecule has 152 valence electrons. The number of amides is 2. The summed E-state index contributed by atoms with van der Waals surface area (Å²) in [6, 6.07) is 15.8. The predicted octanol–water partition coefficient (Wildman–Crippen LogP) is 4.40. The molecule has 2 amide bonds. The van der Waals surface area contributed by atoms with E-state index in [1.54, 1.807) is 6.07 Å². The highest BCUT2D eigenvalue weighted by Crippen LogP contribution is 2.23. The van der Waals surface area contributed by atoms with Gasteiger partial charge in [-0.15, -0.1) is 0 Å². The number of carbonyl (C=O) groups excluding carboxylic acids is 2. The molecule has 0 spiro atoms. The van der Waals surface area contributed by atoms with Gasteiger partial charge in [0.1, 0.15) is 0 Å². The lowest BCUT2D eigenvalue weighted by Crippen LogP contribution is -2.36. The average Bonchev–Trinajstić information content (AvgIpc) is 2.79. The van der Waals surface area contributed by atoms with Crippen LogP contribution in [0.25, 0.3) is 0 Å². The number of hydrogen-bond donors (Lipinski definition) is 1. The van der Waals surface area contributed by atoms with Crippen molar-refractivity contribution in [2.75, 3.05) is 11.9 Å². The fraction of sp³-hybridized carbons (Fsp3) is 0.240. The van der Waals surface area contributed by atoms with E-state index in [9.17, 15) is 9.59 Å². The van der Waals surface area contributed by atoms with Crippen LogP contribution < -0.4 is 5.32 Å². The highest BCUT2D eigenvalue weighted by atomic mass is 16.2. The topological polar surface area (TPSA) is 62.3 Å². The van der Waals surface area contributed by atoms with Crippen molar-refractivity contribution >= 4 is 17.5 Å². The molecular weight excluding hydrogens is 374 g/mol. The van der Waals surface area contributed by atoms with E-state index in [4.69, 9.17) is 0 Å². The van der Waals surface area contributed by atoms with Crippen LogP contribution in [0.2, 0.25) is 0 Å². The Balaban J connectivity index is 1.53. The summed E-state index contributed by atoms with van der Waals surface area (Å²) < 4.78 is 0. The maximum atomic E-state index is 13.1. The van der Waals surface area contributed by atoms with E-state index < -0.39 is 0 Å². The Labute approximate surface area is 176 Å². The Morgan fingerprint density at radius 1 is 1.03 bits per heavy atom. The monoisotopic (exact) mass is 399 g/mol. The molecule has 0 saturated carbocycles. The molecule has 4 rings (SSSR count). The minimum Gasteiger partial charge on any atom is -0.334 e. The summed E-state index contributed by atoms with van der Waals surface area (Å²) in [4.78, 5) is 31.9. The first-order valence-electron chi connectivity index (χ1n) is 10.3. The van der Waals surface area contributed by atoms with Gasteiger partial charge in [-0.3, -0.25) is 14.6 Å². The zero-order valence-electron chi connectivity index (χ0n) is 17.3. The number of para-hydroxylation sites is 1. The Kier molecular flexibility index (Phi) is 5.61. The molecule has 5 heteroatoms. The second-order valence-electron chi connectivity index (χ2n) is 7.62. The summed E-state index contributed by atoms with van der Waals surface area (Å²) >= 11 is 0. The summed E-state index contributed by atoms with van der Waals surface area (Å²) in [5.74, 6) is -0.359. The van der Waals surface area contributed by atoms with Crippen LogP contribution in [0, 0.1) is 6.92 Å². The smallest absolute Gasteiger partial charge is 0.257 e. The Morgan fingerprint density at radius 3 is 2.60 bits per heavy atom. The number of anilines is 1. The molecule has 1 aliphatic heterocycles. The van der Waals surface area contributed by atoms with Gasteiger partial charge in [-0.25, -0.2) is 0 Å². The summed E-state index contributed by atoms with van der Waals surface area (Å²) in [5.41, 5.74) is 6.19. The second kappa shape index (κ2) is 8.49. The van der Waals surface area contributed by atoms with E-state index in [0.29, 0.717) is 24.2 Å². The van der Waals surface area contributed by atoms with Crippen molar-refractivity contribution in [3.05, 3.63) is 94.3 Å². The minimum absolute atomic E-state index is 0.100. The maximum absolute atomic E-state index is 13.1. The van der Waals surface area contributed by atoms with Gasteiger partial charge < -0.3 is 10.2 Å². The van der Waals surface area contributed by atoms with Crippen molar-refractivity contribution in [2.45, 2.75) is 33.2 Å². The van der Waals surface area contributed by atoms with E-state index in [-0.39, 0.29) is 11.8 Å². The van der Waals surface area contributed by atoms with Crippen molar-refractivity contribution in [3.8, 4) is 0 Å². The van der Waals surface area contributed by atoms with Crippen LogP contribution in [0.15, 0.2) is 60.9 Å². The lowest BCUT2D eigenvalue weighted by atomic mass is 9.99. The van der Waals surface area contributed by atoms with Crippen molar-refractivity contribution in [1.82, 2.24) is 9.88 Å². The van der Waals surface area contributed by atoms with Gasteiger partial charge >= 0.3 is 0 Å². The Bertz CT molecular complexity index is 1110. The molecule has 0 radical (unpaired) electrons. The molecule has 30 heavy (non-hydrogen) atoms. The van der Waals surface area contributed by atoms with Crippen LogP contribution in [0.3, 0.4) is 0 Å². The van der Waals surface area contributed by atoms with Gasteiger partial charge in [-0.05, 0) is 48.1 Å². The molecule has 5 nitrogen and oxygen atoms in total. The molecule has 0 bridgehead atoms. The molecular formula is C25H25N3O2. The zero-order valence-corrected chi connectivity index (χ0v) is 17.3. The molecule has 0 unspecified atom stereocenters. The number of nitrogens with one attached hydrogen (secondary N) is 1. The van der Waals surface area contributed by atoms with Crippen LogP contribution in [-0.2, 0) is 19.4 Å². The number of pyridine rings is 1. The van der Waals surface area contributed by atoms with Crippen LogP contribution in [0.4, 0.5) is 5.69 Å². The van der Waals surface area contributed by atoms with Crippen LogP contribution in [-0.4, -0.2) is 28.2 Å². The molecule has 1 N–H and O–H groups in total. The normalized spacial score (nSPS) is 12.9. The van der Waals surface area contributed by atoms with E-state index in [2.05, 4.69) is 29.4 Å². The SMILES string of the molecule is CCc1cccc(C)c1NC(=O)c1cncc(C(=O)N2CCc3ccccc3C2)c1. The fourth-order valence-electron chi connectivity index (χ4n) is 3.92. The third kappa shape index (κ3) is 3.96. The van der Waals surface area contributed by atoms with Crippen molar-refractivity contribution in [1.29, 1.82) is 0 Å². The molecule has 0 saturated heterocycles. The van der Waals surface area contributed by atoms with E-state index in [0.717, 1.165) is 29.7 Å². The summed E-state index contributed by atoms with van der Waals surface area (Å²) in [5, 5.41) is 3.00. The van der Waals surface area contributed by atoms with Gasteiger partial charge in [0.25, 0.3) is 11.8 Å². The van der Waals surface area contributed by atoms with E-state index in [1.165, 1.54) is 23.5 Å². The number of rotatable bonds is 4. The standard InChI is InChI=1S/C25H25N3O2/c1-3-18-10-6-7-17(2)23(18)27-24(29)21-13-22(15-26-14-21)25(30)28-12-11-19-8-4-5-9-20(19)16-28/h4-10,13-15H,3,11-12,16H2,1-2H3,(H,27,29). The minimum atomic E-state index is -0.259. The van der Waals surface area contributed by atoms with Crippen molar-refractivity contribution < 1.29 is 9.59 Å². The summed E-state index contributed by atoms with van der Waals surface area (Å²) in [6.45, 7) is 5.27. The summed E-state index contributed by atoms with van der Waals surface area (Å²) in [6.07, 6.45) is 4.69. The zero-order chi connectivity index (χ0) is 21.1. The first kappa shape index (κ1) is 19.8.